The molecule has 0 aromatic carbocycles. The summed E-state index contributed by atoms with van der Waals surface area (Å²) in [6, 6.07) is 12.9. The number of hydrogen-bond donors (Lipinski definition) is 0. The van der Waals surface area contributed by atoms with E-state index in [0.717, 1.165) is 0 Å². The molecule has 0 radical (unpaired) electrons. The van der Waals surface area contributed by atoms with E-state index in [2.05, 4.69) is 80.7 Å². The Morgan fingerprint density at radius 1 is 0.190 bits per heavy atom. The molecule has 7 rings (SSSR count). The fraction of sp³-hybridized carbons (Fsp3) is 0. The lowest BCUT2D eigenvalue weighted by Gasteiger charge is -1.70. The summed E-state index contributed by atoms with van der Waals surface area (Å²) in [7, 11) is 0. The third kappa shape index (κ3) is 28.0. The minimum atomic E-state index is 1.39. The van der Waals surface area contributed by atoms with E-state index < -0.39 is 0 Å². The maximum absolute atomic E-state index is 3.78. The van der Waals surface area contributed by atoms with Crippen LogP contribution in [0.15, 0.2) is 161 Å². The molecule has 0 bridgehead atoms. The maximum Gasteiger partial charge on any atom is 0.138 e. The van der Waals surface area contributed by atoms with Crippen LogP contribution in [0.25, 0.3) is 0 Å². The van der Waals surface area contributed by atoms with Crippen LogP contribution in [0.5, 0.6) is 0 Å². The Morgan fingerprint density at radius 2 is 0.571 bits per heavy atom. The van der Waals surface area contributed by atoms with Crippen molar-refractivity contribution in [2.45, 2.75) is 0 Å². The van der Waals surface area contributed by atoms with Crippen molar-refractivity contribution >= 4 is 0 Å². The van der Waals surface area contributed by atoms with Gasteiger partial charge in [0.05, 0.1) is 18.6 Å². The second-order valence-electron chi connectivity index (χ2n) is 6.14. The van der Waals surface area contributed by atoms with Crippen molar-refractivity contribution < 1.29 is 0 Å². The molecule has 210 valence electrons. The van der Waals surface area contributed by atoms with Crippen LogP contribution in [0.1, 0.15) is 0 Å². The first-order chi connectivity index (χ1) is 21.0. The lowest BCUT2D eigenvalue weighted by atomic mass is 10.5. The number of hydrogen-bond acceptors (Lipinski definition) is 16. The number of nitrogens with zero attached hydrogens (tertiary/aromatic N) is 16. The van der Waals surface area contributed by atoms with Crippen LogP contribution in [-0.4, -0.2) is 80.7 Å². The van der Waals surface area contributed by atoms with E-state index in [1.165, 1.54) is 37.8 Å². The van der Waals surface area contributed by atoms with Crippen molar-refractivity contribution in [2.75, 3.05) is 0 Å². The Hall–Kier alpha value is -6.58. The van der Waals surface area contributed by atoms with Gasteiger partial charge in [-0.2, -0.15) is 15.3 Å². The van der Waals surface area contributed by atoms with Crippen LogP contribution in [-0.2, 0) is 0 Å². The number of rotatable bonds is 0. The lowest BCUT2D eigenvalue weighted by molar-refractivity contribution is 0.865. The topological polar surface area (TPSA) is 206 Å². The predicted octanol–water partition coefficient (Wildman–Crippen LogP) is 2.13. The summed E-state index contributed by atoms with van der Waals surface area (Å²) < 4.78 is 0. The largest absolute Gasteiger partial charge is 0.265 e. The first-order valence-corrected chi connectivity index (χ1v) is 11.7. The summed E-state index contributed by atoms with van der Waals surface area (Å²) in [5.74, 6) is 0. The fourth-order valence-electron chi connectivity index (χ4n) is 1.69. The Labute approximate surface area is 241 Å². The molecule has 0 atom stereocenters. The summed E-state index contributed by atoms with van der Waals surface area (Å²) in [6.07, 6.45) is 30.2. The van der Waals surface area contributed by atoms with Gasteiger partial charge in [-0.1, -0.05) is 6.07 Å². The molecule has 0 aliphatic heterocycles. The monoisotopic (exact) mass is 562 g/mol. The quantitative estimate of drug-likeness (QED) is 0.259. The summed E-state index contributed by atoms with van der Waals surface area (Å²) in [5.41, 5.74) is 0. The van der Waals surface area contributed by atoms with Gasteiger partial charge in [-0.15, -0.1) is 15.3 Å². The molecule has 0 aliphatic carbocycles. The molecule has 0 N–H and O–H groups in total. The molecule has 0 spiro atoms. The zero-order chi connectivity index (χ0) is 29.7. The van der Waals surface area contributed by atoms with Crippen molar-refractivity contribution in [3.63, 3.8) is 0 Å². The highest BCUT2D eigenvalue weighted by Crippen LogP contribution is 1.74. The summed E-state index contributed by atoms with van der Waals surface area (Å²) in [5, 5.41) is 24.1. The minimum Gasteiger partial charge on any atom is -0.265 e. The van der Waals surface area contributed by atoms with E-state index in [1.54, 1.807) is 92.7 Å². The van der Waals surface area contributed by atoms with Gasteiger partial charge in [-0.25, -0.2) is 29.9 Å². The van der Waals surface area contributed by atoms with Crippen molar-refractivity contribution in [1.82, 2.24) is 80.7 Å². The van der Waals surface area contributed by atoms with Gasteiger partial charge in [-0.05, 0) is 41.6 Å². The molecule has 16 heteroatoms. The highest BCUT2D eigenvalue weighted by atomic mass is 15.3. The zero-order valence-electron chi connectivity index (χ0n) is 22.2. The third-order valence-corrected chi connectivity index (χ3v) is 3.22. The van der Waals surface area contributed by atoms with Crippen molar-refractivity contribution in [3.8, 4) is 0 Å². The average Bonchev–Trinajstić information content (AvgIpc) is 3.15. The van der Waals surface area contributed by atoms with Crippen molar-refractivity contribution in [2.24, 2.45) is 0 Å². The third-order valence-electron chi connectivity index (χ3n) is 3.22. The van der Waals surface area contributed by atoms with Gasteiger partial charge >= 0.3 is 0 Å². The number of aromatic nitrogens is 16. The van der Waals surface area contributed by atoms with Crippen LogP contribution < -0.4 is 0 Å². The van der Waals surface area contributed by atoms with Gasteiger partial charge in [0.15, 0.2) is 0 Å². The van der Waals surface area contributed by atoms with E-state index in [1.807, 2.05) is 30.3 Å². The maximum atomic E-state index is 3.78. The van der Waals surface area contributed by atoms with Crippen LogP contribution in [0.4, 0.5) is 0 Å². The van der Waals surface area contributed by atoms with Crippen LogP contribution in [0.3, 0.4) is 0 Å². The van der Waals surface area contributed by atoms with Crippen LogP contribution in [0, 0.1) is 0 Å². The normalized spacial score (nSPS) is 8.00. The Balaban J connectivity index is 0.000000245. The molecule has 7 aromatic heterocycles. The molecule has 0 saturated carbocycles. The first-order valence-electron chi connectivity index (χ1n) is 11.7. The smallest absolute Gasteiger partial charge is 0.138 e. The molecule has 0 saturated heterocycles. The van der Waals surface area contributed by atoms with E-state index in [-0.39, 0.29) is 0 Å². The van der Waals surface area contributed by atoms with E-state index >= 15 is 0 Å². The van der Waals surface area contributed by atoms with E-state index in [9.17, 15) is 0 Å². The van der Waals surface area contributed by atoms with Gasteiger partial charge < -0.3 is 0 Å². The van der Waals surface area contributed by atoms with Gasteiger partial charge in [0.2, 0.25) is 0 Å². The van der Waals surface area contributed by atoms with Crippen LogP contribution >= 0.6 is 0 Å². The standard InChI is InChI=1S/C5H5N.3C4H4N2.3C3H3N3/c1-2-4-6-5-3-1;1-2-6-4-3-5-1;1-2-5-4-6-3-1;1-2-4-6-5-3-1;1-4-2-6-3-5-1;1-2-5-6-3-4-1;1-2-4-6-5-3-1/h1-5H;3*1-4H;3*1-3H. The molecular weight excluding hydrogens is 536 g/mol. The molecule has 7 aromatic rings. The molecule has 42 heavy (non-hydrogen) atoms. The molecule has 7 heterocycles. The van der Waals surface area contributed by atoms with Crippen molar-refractivity contribution in [3.05, 3.63) is 161 Å². The second kappa shape index (κ2) is 30.6. The zero-order valence-corrected chi connectivity index (χ0v) is 22.2. The average molecular weight is 563 g/mol. The molecule has 0 fully saturated rings. The van der Waals surface area contributed by atoms with Crippen molar-refractivity contribution in [1.29, 1.82) is 0 Å². The first kappa shape index (κ1) is 33.4. The Morgan fingerprint density at radius 3 is 0.738 bits per heavy atom. The van der Waals surface area contributed by atoms with E-state index in [4.69, 9.17) is 0 Å². The highest BCUT2D eigenvalue weighted by Gasteiger charge is 1.63. The molecular formula is C26H26N16. The summed E-state index contributed by atoms with van der Waals surface area (Å²) in [6.45, 7) is 0. The van der Waals surface area contributed by atoms with E-state index in [0.29, 0.717) is 0 Å². The molecule has 16 nitrogen and oxygen atoms in total. The SMILES string of the molecule is c1ccncc1.c1ccnnc1.c1cnccn1.c1cncnc1.c1cnncn1.c1cnnnc1.c1ncncn1. The van der Waals surface area contributed by atoms with Gasteiger partial charge in [0, 0.05) is 68.2 Å². The minimum absolute atomic E-state index is 1.39. The second-order valence-corrected chi connectivity index (χ2v) is 6.14. The lowest BCUT2D eigenvalue weighted by Crippen LogP contribution is -1.78. The van der Waals surface area contributed by atoms with Crippen LogP contribution in [0.2, 0.25) is 0 Å². The Bertz CT molecular complexity index is 854. The molecule has 0 amide bonds. The summed E-state index contributed by atoms with van der Waals surface area (Å²) >= 11 is 0. The van der Waals surface area contributed by atoms with Gasteiger partial charge in [0.1, 0.15) is 31.6 Å². The number of pyridine rings is 1. The highest BCUT2D eigenvalue weighted by molar-refractivity contribution is 4.88. The molecule has 0 aliphatic rings. The van der Waals surface area contributed by atoms with Gasteiger partial charge in [-0.3, -0.25) is 15.0 Å². The molecule has 0 unspecified atom stereocenters. The predicted molar refractivity (Wildman–Crippen MR) is 150 cm³/mol. The Kier molecular flexibility index (Phi) is 24.4. The summed E-state index contributed by atoms with van der Waals surface area (Å²) in [4.78, 5) is 32.9. The fourth-order valence-corrected chi connectivity index (χ4v) is 1.69. The van der Waals surface area contributed by atoms with Gasteiger partial charge in [0.25, 0.3) is 0 Å².